The van der Waals surface area contributed by atoms with E-state index in [1.54, 1.807) is 0 Å². The summed E-state index contributed by atoms with van der Waals surface area (Å²) in [5.41, 5.74) is 5.30. The summed E-state index contributed by atoms with van der Waals surface area (Å²) in [5.74, 6) is 0.560. The third kappa shape index (κ3) is 2.95. The van der Waals surface area contributed by atoms with Crippen LogP contribution in [0.5, 0.6) is 0 Å². The van der Waals surface area contributed by atoms with Gasteiger partial charge < -0.3 is 16.0 Å². The molecule has 0 aromatic heterocycles. The van der Waals surface area contributed by atoms with Gasteiger partial charge in [0, 0.05) is 13.1 Å². The van der Waals surface area contributed by atoms with E-state index in [9.17, 15) is 4.79 Å². The number of amides is 1. The average Bonchev–Trinajstić information content (AvgIpc) is 2.79. The lowest BCUT2D eigenvalue weighted by Gasteiger charge is -2.21. The van der Waals surface area contributed by atoms with Gasteiger partial charge >= 0.3 is 0 Å². The molecule has 3 N–H and O–H groups in total. The van der Waals surface area contributed by atoms with Gasteiger partial charge in [-0.3, -0.25) is 4.79 Å². The lowest BCUT2D eigenvalue weighted by Crippen LogP contribution is -2.45. The van der Waals surface area contributed by atoms with Crippen LogP contribution in [-0.2, 0) is 4.79 Å². The minimum Gasteiger partial charge on any atom is -0.354 e. The molecule has 1 atom stereocenters. The van der Waals surface area contributed by atoms with Gasteiger partial charge in [-0.15, -0.1) is 0 Å². The van der Waals surface area contributed by atoms with E-state index in [1.807, 2.05) is 0 Å². The van der Waals surface area contributed by atoms with Gasteiger partial charge in [0.2, 0.25) is 5.91 Å². The molecule has 0 bridgehead atoms. The van der Waals surface area contributed by atoms with Crippen LogP contribution in [0.25, 0.3) is 0 Å². The molecule has 2 rings (SSSR count). The smallest absolute Gasteiger partial charge is 0.240 e. The van der Waals surface area contributed by atoms with Crippen LogP contribution in [0.4, 0.5) is 0 Å². The Bertz CT molecular complexity index is 257. The Morgan fingerprint density at radius 1 is 1.44 bits per heavy atom. The number of likely N-dealkylation sites (tertiary alicyclic amines) is 1. The summed E-state index contributed by atoms with van der Waals surface area (Å²) in [6, 6.07) is 0. The molecule has 92 valence electrons. The summed E-state index contributed by atoms with van der Waals surface area (Å²) in [7, 11) is 0. The van der Waals surface area contributed by atoms with Gasteiger partial charge in [-0.05, 0) is 44.7 Å². The molecule has 1 aliphatic carbocycles. The van der Waals surface area contributed by atoms with Gasteiger partial charge in [-0.1, -0.05) is 6.92 Å². The Morgan fingerprint density at radius 2 is 2.06 bits per heavy atom. The summed E-state index contributed by atoms with van der Waals surface area (Å²) in [6.07, 6.45) is 4.34. The Balaban J connectivity index is 1.63. The fourth-order valence-electron chi connectivity index (χ4n) is 2.28. The molecule has 16 heavy (non-hydrogen) atoms. The minimum atomic E-state index is -0.520. The lowest BCUT2D eigenvalue weighted by atomic mass is 10.1. The lowest BCUT2D eigenvalue weighted by molar-refractivity contribution is -0.123. The zero-order valence-corrected chi connectivity index (χ0v) is 10.2. The van der Waals surface area contributed by atoms with E-state index in [2.05, 4.69) is 17.1 Å². The quantitative estimate of drug-likeness (QED) is 0.709. The van der Waals surface area contributed by atoms with Gasteiger partial charge in [0.1, 0.15) is 0 Å². The van der Waals surface area contributed by atoms with Gasteiger partial charge in [-0.25, -0.2) is 0 Å². The Kier molecular flexibility index (Phi) is 3.50. The van der Waals surface area contributed by atoms with Crippen molar-refractivity contribution in [3.63, 3.8) is 0 Å². The highest BCUT2D eigenvalue weighted by atomic mass is 16.2. The third-order valence-corrected chi connectivity index (χ3v) is 3.62. The molecular weight excluding hydrogens is 202 g/mol. The first-order chi connectivity index (χ1) is 7.60. The minimum absolute atomic E-state index is 0.0424. The highest BCUT2D eigenvalue weighted by Gasteiger charge is 2.45. The molecule has 4 nitrogen and oxygen atoms in total. The van der Waals surface area contributed by atoms with Crippen molar-refractivity contribution in [1.29, 1.82) is 0 Å². The number of nitrogens with one attached hydrogen (secondary N) is 1. The predicted octanol–water partition coefficient (Wildman–Crippen LogP) is 0.326. The number of carbonyl (C=O) groups is 1. The molecule has 1 aliphatic heterocycles. The van der Waals surface area contributed by atoms with Crippen molar-refractivity contribution in [2.24, 2.45) is 11.7 Å². The highest BCUT2D eigenvalue weighted by molar-refractivity contribution is 5.88. The van der Waals surface area contributed by atoms with Crippen LogP contribution >= 0.6 is 0 Å². The Hall–Kier alpha value is -0.610. The van der Waals surface area contributed by atoms with Crippen LogP contribution in [0.3, 0.4) is 0 Å². The van der Waals surface area contributed by atoms with Gasteiger partial charge in [0.25, 0.3) is 0 Å². The molecule has 0 aromatic rings. The Labute approximate surface area is 97.6 Å². The summed E-state index contributed by atoms with van der Waals surface area (Å²) in [4.78, 5) is 14.1. The normalized spacial score (nSPS) is 25.4. The van der Waals surface area contributed by atoms with Crippen molar-refractivity contribution in [2.45, 2.75) is 38.1 Å². The Morgan fingerprint density at radius 3 is 2.62 bits per heavy atom. The number of hydrogen-bond donors (Lipinski definition) is 2. The monoisotopic (exact) mass is 225 g/mol. The van der Waals surface area contributed by atoms with Crippen LogP contribution < -0.4 is 11.1 Å². The van der Waals surface area contributed by atoms with E-state index in [4.69, 9.17) is 5.73 Å². The SMILES string of the molecule is CC(CNC(=O)C1(N)CC1)CN1CCCC1. The maximum Gasteiger partial charge on any atom is 0.240 e. The first kappa shape index (κ1) is 11.9. The molecule has 1 saturated heterocycles. The second kappa shape index (κ2) is 4.72. The van der Waals surface area contributed by atoms with Crippen LogP contribution in [0, 0.1) is 5.92 Å². The molecule has 4 heteroatoms. The second-order valence-electron chi connectivity index (χ2n) is 5.48. The first-order valence-corrected chi connectivity index (χ1v) is 6.40. The van der Waals surface area contributed by atoms with Gasteiger partial charge in [0.05, 0.1) is 5.54 Å². The number of nitrogens with zero attached hydrogens (tertiary/aromatic N) is 1. The van der Waals surface area contributed by atoms with Crippen molar-refractivity contribution in [2.75, 3.05) is 26.2 Å². The van der Waals surface area contributed by atoms with Crippen LogP contribution in [0.15, 0.2) is 0 Å². The fraction of sp³-hybridized carbons (Fsp3) is 0.917. The largest absolute Gasteiger partial charge is 0.354 e. The maximum absolute atomic E-state index is 11.6. The van der Waals surface area contributed by atoms with E-state index in [0.717, 1.165) is 25.9 Å². The topological polar surface area (TPSA) is 58.4 Å². The van der Waals surface area contributed by atoms with E-state index >= 15 is 0 Å². The molecule has 0 spiro atoms. The van der Waals surface area contributed by atoms with Crippen molar-refractivity contribution in [1.82, 2.24) is 10.2 Å². The van der Waals surface area contributed by atoms with E-state index in [0.29, 0.717) is 5.92 Å². The van der Waals surface area contributed by atoms with E-state index in [1.165, 1.54) is 25.9 Å². The van der Waals surface area contributed by atoms with Gasteiger partial charge in [-0.2, -0.15) is 0 Å². The van der Waals surface area contributed by atoms with Crippen molar-refractivity contribution >= 4 is 5.91 Å². The molecular formula is C12H23N3O. The number of carbonyl (C=O) groups excluding carboxylic acids is 1. The molecule has 1 amide bonds. The van der Waals surface area contributed by atoms with Crippen LogP contribution in [0.1, 0.15) is 32.6 Å². The predicted molar refractivity (Wildman–Crippen MR) is 64.0 cm³/mol. The molecule has 1 unspecified atom stereocenters. The molecule has 2 fully saturated rings. The van der Waals surface area contributed by atoms with E-state index in [-0.39, 0.29) is 5.91 Å². The molecule has 1 saturated carbocycles. The number of rotatable bonds is 5. The first-order valence-electron chi connectivity index (χ1n) is 6.40. The fourth-order valence-corrected chi connectivity index (χ4v) is 2.28. The van der Waals surface area contributed by atoms with E-state index < -0.39 is 5.54 Å². The summed E-state index contributed by atoms with van der Waals surface area (Å²) < 4.78 is 0. The third-order valence-electron chi connectivity index (χ3n) is 3.62. The van der Waals surface area contributed by atoms with Crippen molar-refractivity contribution in [3.8, 4) is 0 Å². The molecule has 0 radical (unpaired) electrons. The standard InChI is InChI=1S/C12H23N3O/c1-10(9-15-6-2-3-7-15)8-14-11(16)12(13)4-5-12/h10H,2-9,13H2,1H3,(H,14,16). The number of nitrogens with two attached hydrogens (primary N) is 1. The average molecular weight is 225 g/mol. The van der Waals surface area contributed by atoms with Crippen LogP contribution in [-0.4, -0.2) is 42.5 Å². The van der Waals surface area contributed by atoms with Crippen LogP contribution in [0.2, 0.25) is 0 Å². The zero-order chi connectivity index (χ0) is 11.6. The van der Waals surface area contributed by atoms with Crippen molar-refractivity contribution in [3.05, 3.63) is 0 Å². The number of hydrogen-bond acceptors (Lipinski definition) is 3. The van der Waals surface area contributed by atoms with Gasteiger partial charge in [0.15, 0.2) is 0 Å². The summed E-state index contributed by atoms with van der Waals surface area (Å²) in [6.45, 7) is 6.49. The second-order valence-corrected chi connectivity index (χ2v) is 5.48. The maximum atomic E-state index is 11.6. The molecule has 0 aromatic carbocycles. The highest BCUT2D eigenvalue weighted by Crippen LogP contribution is 2.32. The summed E-state index contributed by atoms with van der Waals surface area (Å²) >= 11 is 0. The van der Waals surface area contributed by atoms with Crippen molar-refractivity contribution < 1.29 is 4.79 Å². The summed E-state index contributed by atoms with van der Waals surface area (Å²) in [5, 5.41) is 2.97. The molecule has 1 heterocycles. The molecule has 2 aliphatic rings. The zero-order valence-electron chi connectivity index (χ0n) is 10.2.